The molecule has 1 aromatic carbocycles. The predicted octanol–water partition coefficient (Wildman–Crippen LogP) is 7.80. The van der Waals surface area contributed by atoms with Crippen molar-refractivity contribution in [2.24, 2.45) is 0 Å². The van der Waals surface area contributed by atoms with Crippen molar-refractivity contribution in [2.45, 2.75) is 76.7 Å². The zero-order chi connectivity index (χ0) is 32.9. The first kappa shape index (κ1) is 36.7. The molecule has 2 aliphatic carbocycles. The van der Waals surface area contributed by atoms with Crippen LogP contribution in [-0.4, -0.2) is 64.7 Å². The van der Waals surface area contributed by atoms with Gasteiger partial charge in [0.2, 0.25) is 0 Å². The lowest BCUT2D eigenvalue weighted by atomic mass is 9.95. The van der Waals surface area contributed by atoms with E-state index in [0.717, 1.165) is 6.08 Å². The van der Waals surface area contributed by atoms with Crippen LogP contribution in [0.5, 0.6) is 0 Å². The number of benzene rings is 1. The number of nitrogens with one attached hydrogen (secondary N) is 1. The summed E-state index contributed by atoms with van der Waals surface area (Å²) in [5.74, 6) is 0. The van der Waals surface area contributed by atoms with Gasteiger partial charge in [0.05, 0.1) is 37.3 Å². The van der Waals surface area contributed by atoms with Gasteiger partial charge in [-0.05, 0) is 54.5 Å². The molecule has 2 aliphatic rings. The summed E-state index contributed by atoms with van der Waals surface area (Å²) in [5, 5.41) is 7.82. The van der Waals surface area contributed by atoms with E-state index in [1.165, 1.54) is 93.3 Å². The molecule has 14 heteroatoms. The minimum absolute atomic E-state index is 0.153. The lowest BCUT2D eigenvalue weighted by Gasteiger charge is -2.35. The molecule has 0 saturated carbocycles. The van der Waals surface area contributed by atoms with E-state index in [1.54, 1.807) is 0 Å². The number of fused-ring (bicyclic) bond motifs is 3. The molecule has 0 atom stereocenters. The van der Waals surface area contributed by atoms with Gasteiger partial charge in [-0.3, -0.25) is 5.41 Å². The number of rotatable bonds is 12. The number of alkyl halides is 6. The molecule has 3 rings (SSSR count). The molecule has 0 bridgehead atoms. The Kier molecular flexibility index (Phi) is 12.1. The maximum atomic E-state index is 13.0. The van der Waals surface area contributed by atoms with E-state index in [9.17, 15) is 43.2 Å². The summed E-state index contributed by atoms with van der Waals surface area (Å²) in [5.41, 5.74) is -13.9. The molecule has 0 heterocycles. The summed E-state index contributed by atoms with van der Waals surface area (Å²) in [7, 11) is -10.6. The predicted molar refractivity (Wildman–Crippen MR) is 157 cm³/mol. The number of quaternary nitrogens is 1. The van der Waals surface area contributed by atoms with Crippen molar-refractivity contribution in [3.8, 4) is 0 Å². The lowest BCUT2D eigenvalue weighted by Crippen LogP contribution is -2.46. The molecule has 0 unspecified atom stereocenters. The summed E-state index contributed by atoms with van der Waals surface area (Å²) in [6.07, 6.45) is 11.0. The van der Waals surface area contributed by atoms with Crippen LogP contribution in [0.2, 0.25) is 0 Å². The fraction of sp³-hybridized carbons (Fsp3) is 0.552. The van der Waals surface area contributed by atoms with Gasteiger partial charge >= 0.3 is 11.0 Å². The molecule has 0 spiro atoms. The van der Waals surface area contributed by atoms with Crippen LogP contribution in [0.4, 0.5) is 26.3 Å². The van der Waals surface area contributed by atoms with Gasteiger partial charge in [-0.15, -0.1) is 0 Å². The van der Waals surface area contributed by atoms with Gasteiger partial charge in [-0.1, -0.05) is 64.3 Å². The van der Waals surface area contributed by atoms with E-state index in [0.29, 0.717) is 0 Å². The molecular formula is C29H39F6N2O4S2+. The Balaban J connectivity index is 0.000000367. The first-order chi connectivity index (χ1) is 19.8. The number of allylic oxidation sites excluding steroid dienone is 4. The average molecular weight is 658 g/mol. The molecule has 1 aromatic rings. The van der Waals surface area contributed by atoms with Crippen molar-refractivity contribution in [1.29, 1.82) is 5.41 Å². The molecule has 1 N–H and O–H groups in total. The maximum Gasteiger partial charge on any atom is 0.502 e. The Morgan fingerprint density at radius 2 is 1.19 bits per heavy atom. The van der Waals surface area contributed by atoms with Crippen LogP contribution in [-0.2, 0) is 19.7 Å². The summed E-state index contributed by atoms with van der Waals surface area (Å²) in [6, 6.07) is 5.69. The van der Waals surface area contributed by atoms with Gasteiger partial charge in [-0.25, -0.2) is 16.8 Å². The fourth-order valence-corrected chi connectivity index (χ4v) is 7.38. The van der Waals surface area contributed by atoms with E-state index in [2.05, 4.69) is 27.8 Å². The van der Waals surface area contributed by atoms with Crippen LogP contribution < -0.4 is 0 Å². The highest BCUT2D eigenvalue weighted by atomic mass is 32.2. The number of nitrogens with zero attached hydrogens (tertiary/aromatic N) is 1. The zero-order valence-corrected chi connectivity index (χ0v) is 26.3. The first-order valence-electron chi connectivity index (χ1n) is 14.1. The summed E-state index contributed by atoms with van der Waals surface area (Å²) < 4.78 is 127. The van der Waals surface area contributed by atoms with Crippen LogP contribution in [0, 0.1) is 5.41 Å². The Morgan fingerprint density at radius 1 is 0.698 bits per heavy atom. The molecule has 0 aromatic heterocycles. The van der Waals surface area contributed by atoms with Crippen LogP contribution >= 0.6 is 0 Å². The summed E-state index contributed by atoms with van der Waals surface area (Å²) in [4.78, 5) is -4.38. The number of unbranched alkanes of at least 4 members (excludes halogenated alkanes) is 4. The highest BCUT2D eigenvalue weighted by Gasteiger charge is 2.57. The zero-order valence-electron chi connectivity index (χ0n) is 24.7. The number of halogens is 6. The minimum atomic E-state index is -6.58. The quantitative estimate of drug-likeness (QED) is 0.141. The lowest BCUT2D eigenvalue weighted by molar-refractivity contribution is -0.910. The van der Waals surface area contributed by atoms with Crippen molar-refractivity contribution in [3.63, 3.8) is 0 Å². The third-order valence-corrected chi connectivity index (χ3v) is 10.6. The average Bonchev–Trinajstić information content (AvgIpc) is 3.29. The van der Waals surface area contributed by atoms with Crippen molar-refractivity contribution in [1.82, 2.24) is 0 Å². The molecular weight excluding hydrogens is 618 g/mol. The van der Waals surface area contributed by atoms with Gasteiger partial charge in [0.15, 0.2) is 0 Å². The van der Waals surface area contributed by atoms with Crippen molar-refractivity contribution in [3.05, 3.63) is 56.9 Å². The Morgan fingerprint density at radius 3 is 1.67 bits per heavy atom. The molecule has 242 valence electrons. The van der Waals surface area contributed by atoms with Crippen LogP contribution in [0.3, 0.4) is 0 Å². The number of sulfone groups is 2. The Bertz CT molecular complexity index is 1480. The second-order valence-electron chi connectivity index (χ2n) is 10.9. The van der Waals surface area contributed by atoms with E-state index in [4.69, 9.17) is 5.41 Å². The molecule has 0 amide bonds. The standard InChI is InChI=1S/C15H7F6NO4S2.C14H32N/c16-14(17,18)27(23,24)11-6-9-8-4-2-1-3-7(8)5-10(9)12(22)13(11)28(25,26)15(19,20)21;1-5-8-11-14-15(4,12-9-6-2)13-10-7-3/h1-6,22H;5-14H2,1-4H3/q;+1. The summed E-state index contributed by atoms with van der Waals surface area (Å²) in [6.45, 7) is 11.1. The molecule has 0 radical (unpaired) electrons. The van der Waals surface area contributed by atoms with E-state index in [-0.39, 0.29) is 22.8 Å². The number of hydrogen-bond donors (Lipinski definition) is 1. The molecule has 43 heavy (non-hydrogen) atoms. The normalized spacial score (nSPS) is 15.8. The molecule has 6 nitrogen and oxygen atoms in total. The van der Waals surface area contributed by atoms with Crippen molar-refractivity contribution >= 4 is 37.0 Å². The second-order valence-corrected chi connectivity index (χ2v) is 14.7. The minimum Gasteiger partial charge on any atom is -0.326 e. The molecule has 0 saturated heterocycles. The smallest absolute Gasteiger partial charge is 0.326 e. The number of hydrogen-bond acceptors (Lipinski definition) is 5. The Hall–Kier alpha value is -2.45. The van der Waals surface area contributed by atoms with Gasteiger partial charge in [-0.2, -0.15) is 26.3 Å². The molecule has 0 aliphatic heterocycles. The third-order valence-electron chi connectivity index (χ3n) is 7.41. The third kappa shape index (κ3) is 8.18. The van der Waals surface area contributed by atoms with Gasteiger partial charge < -0.3 is 4.48 Å². The summed E-state index contributed by atoms with van der Waals surface area (Å²) >= 11 is 0. The monoisotopic (exact) mass is 657 g/mol. The van der Waals surface area contributed by atoms with Crippen LogP contribution in [0.15, 0.2) is 45.7 Å². The van der Waals surface area contributed by atoms with Crippen molar-refractivity contribution in [2.75, 3.05) is 26.7 Å². The fourth-order valence-electron chi connectivity index (χ4n) is 4.92. The first-order valence-corrected chi connectivity index (χ1v) is 17.1. The largest absolute Gasteiger partial charge is 0.502 e. The van der Waals surface area contributed by atoms with Gasteiger partial charge in [0.1, 0.15) is 4.91 Å². The van der Waals surface area contributed by atoms with E-state index < -0.39 is 51.8 Å². The van der Waals surface area contributed by atoms with E-state index >= 15 is 0 Å². The van der Waals surface area contributed by atoms with E-state index in [1.807, 2.05) is 0 Å². The highest BCUT2D eigenvalue weighted by Crippen LogP contribution is 2.47. The Labute approximate surface area is 250 Å². The maximum absolute atomic E-state index is 13.0. The van der Waals surface area contributed by atoms with Crippen molar-refractivity contribution < 1.29 is 47.7 Å². The van der Waals surface area contributed by atoms with Gasteiger partial charge in [0.25, 0.3) is 19.7 Å². The van der Waals surface area contributed by atoms with Crippen LogP contribution in [0.25, 0.3) is 11.6 Å². The van der Waals surface area contributed by atoms with Gasteiger partial charge in [0, 0.05) is 5.57 Å². The van der Waals surface area contributed by atoms with Crippen LogP contribution in [0.1, 0.15) is 76.8 Å². The second kappa shape index (κ2) is 14.1. The molecule has 0 fully saturated rings. The topological polar surface area (TPSA) is 92.1 Å². The SMILES string of the molecule is CCCCC[N+](C)(CCCC)CCCC.N=C1C2=Cc3ccccc3C2=CC(S(=O)(=O)C(F)(F)F)=C1S(=O)(=O)C(F)(F)F. The highest BCUT2D eigenvalue weighted by molar-refractivity contribution is 8.00.